The molecule has 0 aromatic carbocycles. The van der Waals surface area contributed by atoms with Gasteiger partial charge in [-0.05, 0) is 50.2 Å². The molecule has 18 heavy (non-hydrogen) atoms. The molecule has 2 saturated heterocycles. The fraction of sp³-hybridized carbons (Fsp3) is 1.00. The highest BCUT2D eigenvalue weighted by Gasteiger charge is 2.49. The highest BCUT2D eigenvalue weighted by Crippen LogP contribution is 2.46. The van der Waals surface area contributed by atoms with Crippen LogP contribution in [0.1, 0.15) is 38.5 Å². The highest BCUT2D eigenvalue weighted by atomic mass is 32.2. The van der Waals surface area contributed by atoms with Crippen molar-refractivity contribution < 1.29 is 9.47 Å². The van der Waals surface area contributed by atoms with Crippen molar-refractivity contribution in [1.29, 1.82) is 0 Å². The number of ether oxygens (including phenoxy) is 2. The summed E-state index contributed by atoms with van der Waals surface area (Å²) < 4.78 is 11.9. The fourth-order valence-electron chi connectivity index (χ4n) is 3.86. The molecule has 2 N–H and O–H groups in total. The molecule has 2 heterocycles. The molecule has 0 amide bonds. The maximum atomic E-state index is 6.56. The Kier molecular flexibility index (Phi) is 3.65. The Morgan fingerprint density at radius 3 is 2.78 bits per heavy atom. The van der Waals surface area contributed by atoms with Crippen LogP contribution in [0.4, 0.5) is 0 Å². The van der Waals surface area contributed by atoms with Gasteiger partial charge in [0.25, 0.3) is 0 Å². The van der Waals surface area contributed by atoms with Crippen molar-refractivity contribution in [3.8, 4) is 0 Å². The van der Waals surface area contributed by atoms with Gasteiger partial charge in [0.2, 0.25) is 0 Å². The summed E-state index contributed by atoms with van der Waals surface area (Å²) >= 11 is 2.03. The van der Waals surface area contributed by atoms with Crippen LogP contribution >= 0.6 is 11.8 Å². The molecule has 3 nitrogen and oxygen atoms in total. The number of thioether (sulfide) groups is 1. The van der Waals surface area contributed by atoms with Gasteiger partial charge in [-0.15, -0.1) is 0 Å². The molecule has 3 aliphatic rings. The average molecular weight is 271 g/mol. The first-order valence-corrected chi connectivity index (χ1v) is 8.38. The van der Waals surface area contributed by atoms with E-state index in [0.29, 0.717) is 5.92 Å². The van der Waals surface area contributed by atoms with E-state index in [1.165, 1.54) is 18.6 Å². The van der Waals surface area contributed by atoms with Crippen molar-refractivity contribution in [3.05, 3.63) is 0 Å². The van der Waals surface area contributed by atoms with Crippen molar-refractivity contribution in [2.24, 2.45) is 11.7 Å². The third kappa shape index (κ3) is 2.11. The van der Waals surface area contributed by atoms with Crippen LogP contribution in [0.5, 0.6) is 0 Å². The maximum Gasteiger partial charge on any atom is 0.0831 e. The molecule has 0 aromatic rings. The van der Waals surface area contributed by atoms with Gasteiger partial charge in [0.15, 0.2) is 0 Å². The van der Waals surface area contributed by atoms with Gasteiger partial charge in [0.1, 0.15) is 0 Å². The lowest BCUT2D eigenvalue weighted by molar-refractivity contribution is -0.134. The predicted octanol–water partition coefficient (Wildman–Crippen LogP) is 2.19. The van der Waals surface area contributed by atoms with Crippen LogP contribution in [0, 0.1) is 5.92 Å². The molecule has 3 atom stereocenters. The third-order valence-electron chi connectivity index (χ3n) is 5.32. The molecule has 1 spiro atoms. The summed E-state index contributed by atoms with van der Waals surface area (Å²) in [4.78, 5) is 0. The first kappa shape index (κ1) is 13.2. The predicted molar refractivity (Wildman–Crippen MR) is 74.9 cm³/mol. The van der Waals surface area contributed by atoms with E-state index >= 15 is 0 Å². The lowest BCUT2D eigenvalue weighted by Gasteiger charge is -2.50. The van der Waals surface area contributed by atoms with Crippen molar-refractivity contribution in [2.75, 3.05) is 25.2 Å². The second-order valence-corrected chi connectivity index (χ2v) is 7.34. The molecule has 1 saturated carbocycles. The molecule has 3 fully saturated rings. The first-order chi connectivity index (χ1) is 8.70. The van der Waals surface area contributed by atoms with Crippen molar-refractivity contribution in [1.82, 2.24) is 0 Å². The molecular formula is C14H25NO2S. The standard InChI is InChI=1S/C14H25NO2S/c1-16-14(4-2-5-14)12(15)11-3-7-17-13(9-11)6-8-18-10-13/h11-12H,2-10,15H2,1H3. The normalized spacial score (nSPS) is 40.7. The second kappa shape index (κ2) is 4.97. The van der Waals surface area contributed by atoms with E-state index in [9.17, 15) is 0 Å². The van der Waals surface area contributed by atoms with E-state index in [1.807, 2.05) is 18.9 Å². The summed E-state index contributed by atoms with van der Waals surface area (Å²) in [7, 11) is 1.83. The minimum atomic E-state index is -0.0189. The summed E-state index contributed by atoms with van der Waals surface area (Å²) in [6, 6.07) is 0.197. The van der Waals surface area contributed by atoms with Crippen LogP contribution in [-0.4, -0.2) is 42.5 Å². The zero-order valence-electron chi connectivity index (χ0n) is 11.3. The SMILES string of the molecule is COC1(C(N)C2CCOC3(CCSC3)C2)CCC1. The van der Waals surface area contributed by atoms with Crippen LogP contribution in [0.3, 0.4) is 0 Å². The number of hydrogen-bond donors (Lipinski definition) is 1. The van der Waals surface area contributed by atoms with Gasteiger partial charge in [-0.1, -0.05) is 0 Å². The zero-order valence-corrected chi connectivity index (χ0v) is 12.1. The van der Waals surface area contributed by atoms with Crippen LogP contribution < -0.4 is 5.73 Å². The van der Waals surface area contributed by atoms with E-state index < -0.39 is 0 Å². The Hall–Kier alpha value is 0.230. The lowest BCUT2D eigenvalue weighted by atomic mass is 9.67. The molecule has 0 radical (unpaired) electrons. The Labute approximate surface area is 114 Å². The lowest BCUT2D eigenvalue weighted by Crippen LogP contribution is -2.60. The fourth-order valence-corrected chi connectivity index (χ4v) is 5.24. The number of rotatable bonds is 3. The topological polar surface area (TPSA) is 44.5 Å². The van der Waals surface area contributed by atoms with Crippen LogP contribution in [0.15, 0.2) is 0 Å². The van der Waals surface area contributed by atoms with E-state index in [4.69, 9.17) is 15.2 Å². The molecule has 3 rings (SSSR count). The van der Waals surface area contributed by atoms with E-state index in [1.54, 1.807) is 0 Å². The minimum Gasteiger partial charge on any atom is -0.377 e. The van der Waals surface area contributed by atoms with Gasteiger partial charge in [0, 0.05) is 25.5 Å². The van der Waals surface area contributed by atoms with Gasteiger partial charge in [-0.25, -0.2) is 0 Å². The maximum absolute atomic E-state index is 6.56. The van der Waals surface area contributed by atoms with Gasteiger partial charge in [-0.2, -0.15) is 11.8 Å². The summed E-state index contributed by atoms with van der Waals surface area (Å²) in [5.74, 6) is 2.99. The average Bonchev–Trinajstić information content (AvgIpc) is 2.76. The quantitative estimate of drug-likeness (QED) is 0.854. The smallest absolute Gasteiger partial charge is 0.0831 e. The van der Waals surface area contributed by atoms with Gasteiger partial charge in [-0.3, -0.25) is 0 Å². The molecule has 104 valence electrons. The number of methoxy groups -OCH3 is 1. The molecule has 2 aliphatic heterocycles. The van der Waals surface area contributed by atoms with Gasteiger partial charge in [0.05, 0.1) is 11.2 Å². The summed E-state index contributed by atoms with van der Waals surface area (Å²) in [6.45, 7) is 0.888. The molecule has 0 bridgehead atoms. The molecular weight excluding hydrogens is 246 g/mol. The third-order valence-corrected chi connectivity index (χ3v) is 6.54. The Balaban J connectivity index is 1.68. The van der Waals surface area contributed by atoms with Gasteiger partial charge < -0.3 is 15.2 Å². The molecule has 3 unspecified atom stereocenters. The molecule has 1 aliphatic carbocycles. The summed E-state index contributed by atoms with van der Waals surface area (Å²) in [5.41, 5.74) is 6.69. The zero-order chi connectivity index (χ0) is 12.6. The van der Waals surface area contributed by atoms with Gasteiger partial charge >= 0.3 is 0 Å². The van der Waals surface area contributed by atoms with Crippen LogP contribution in [-0.2, 0) is 9.47 Å². The van der Waals surface area contributed by atoms with E-state index in [2.05, 4.69) is 0 Å². The largest absolute Gasteiger partial charge is 0.377 e. The van der Waals surface area contributed by atoms with E-state index in [-0.39, 0.29) is 17.2 Å². The second-order valence-electron chi connectivity index (χ2n) is 6.24. The Morgan fingerprint density at radius 1 is 1.39 bits per heavy atom. The van der Waals surface area contributed by atoms with Crippen molar-refractivity contribution in [3.63, 3.8) is 0 Å². The first-order valence-electron chi connectivity index (χ1n) is 7.22. The monoisotopic (exact) mass is 271 g/mol. The minimum absolute atomic E-state index is 0.0189. The van der Waals surface area contributed by atoms with Crippen molar-refractivity contribution >= 4 is 11.8 Å². The highest BCUT2D eigenvalue weighted by molar-refractivity contribution is 7.99. The summed E-state index contributed by atoms with van der Waals surface area (Å²) in [5, 5.41) is 0. The molecule has 4 heteroatoms. The molecule has 0 aromatic heterocycles. The summed E-state index contributed by atoms with van der Waals surface area (Å²) in [6.07, 6.45) is 7.02. The van der Waals surface area contributed by atoms with Crippen LogP contribution in [0.25, 0.3) is 0 Å². The Bertz CT molecular complexity index is 295. The van der Waals surface area contributed by atoms with E-state index in [0.717, 1.165) is 38.0 Å². The Morgan fingerprint density at radius 2 is 2.22 bits per heavy atom. The van der Waals surface area contributed by atoms with Crippen molar-refractivity contribution in [2.45, 2.75) is 55.8 Å². The number of hydrogen-bond acceptors (Lipinski definition) is 4. The number of nitrogens with two attached hydrogens (primary N) is 1. The van der Waals surface area contributed by atoms with Crippen LogP contribution in [0.2, 0.25) is 0 Å².